The number of benzene rings is 2. The number of rotatable bonds is 8. The highest BCUT2D eigenvalue weighted by molar-refractivity contribution is 8.15. The van der Waals surface area contributed by atoms with E-state index in [1.54, 1.807) is 18.1 Å². The lowest BCUT2D eigenvalue weighted by Gasteiger charge is -2.16. The number of nitrogens with one attached hydrogen (secondary N) is 1. The van der Waals surface area contributed by atoms with Gasteiger partial charge in [-0.1, -0.05) is 30.0 Å². The SMILES string of the molecule is COCCN1C(=O)[C@@H](CC(=O)Nc2cccc([N+](=O)[O-])c2)SC1=Nc1cc(C)ccc1C. The molecule has 32 heavy (non-hydrogen) atoms. The molecule has 168 valence electrons. The smallest absolute Gasteiger partial charge is 0.271 e. The zero-order valence-electron chi connectivity index (χ0n) is 18.0. The van der Waals surface area contributed by atoms with Gasteiger partial charge in [0.2, 0.25) is 11.8 Å². The Morgan fingerprint density at radius 2 is 2.06 bits per heavy atom. The topological polar surface area (TPSA) is 114 Å². The number of anilines is 1. The number of amidine groups is 1. The number of aliphatic imine (C=N–C) groups is 1. The van der Waals surface area contributed by atoms with Gasteiger partial charge in [0.05, 0.1) is 23.8 Å². The second-order valence-corrected chi connectivity index (χ2v) is 8.50. The van der Waals surface area contributed by atoms with E-state index in [1.165, 1.54) is 30.0 Å². The van der Waals surface area contributed by atoms with E-state index < -0.39 is 16.1 Å². The van der Waals surface area contributed by atoms with E-state index in [-0.39, 0.29) is 18.0 Å². The number of nitro groups is 1. The van der Waals surface area contributed by atoms with E-state index in [0.29, 0.717) is 24.0 Å². The van der Waals surface area contributed by atoms with Gasteiger partial charge in [0.25, 0.3) is 5.69 Å². The fourth-order valence-electron chi connectivity index (χ4n) is 3.13. The van der Waals surface area contributed by atoms with Crippen LogP contribution in [-0.4, -0.2) is 52.3 Å². The third-order valence-electron chi connectivity index (χ3n) is 4.83. The molecule has 0 saturated carbocycles. The molecular formula is C22H24N4O5S. The predicted octanol–water partition coefficient (Wildman–Crippen LogP) is 3.82. The van der Waals surface area contributed by atoms with Crippen LogP contribution in [-0.2, 0) is 14.3 Å². The molecule has 0 radical (unpaired) electrons. The molecule has 1 saturated heterocycles. The standard InChI is InChI=1S/C22H24N4O5S/c1-14-7-8-15(2)18(11-14)24-22-25(9-10-31-3)21(28)19(32-22)13-20(27)23-16-5-4-6-17(12-16)26(29)30/h4-8,11-12,19H,9-10,13H2,1-3H3,(H,23,27)/t19-/m1/s1. The van der Waals surface area contributed by atoms with Crippen LogP contribution in [0, 0.1) is 24.0 Å². The van der Waals surface area contributed by atoms with Gasteiger partial charge < -0.3 is 10.1 Å². The van der Waals surface area contributed by atoms with Crippen molar-refractivity contribution in [1.82, 2.24) is 4.90 Å². The summed E-state index contributed by atoms with van der Waals surface area (Å²) in [5.74, 6) is -0.624. The van der Waals surface area contributed by atoms with Crippen molar-refractivity contribution in [2.24, 2.45) is 4.99 Å². The third kappa shape index (κ3) is 5.71. The Hall–Kier alpha value is -3.24. The number of non-ortho nitro benzene ring substituents is 1. The number of hydrogen-bond acceptors (Lipinski definition) is 7. The second-order valence-electron chi connectivity index (χ2n) is 7.33. The quantitative estimate of drug-likeness (QED) is 0.477. The highest BCUT2D eigenvalue weighted by atomic mass is 32.2. The van der Waals surface area contributed by atoms with Gasteiger partial charge in [-0.2, -0.15) is 0 Å². The molecule has 2 aromatic rings. The van der Waals surface area contributed by atoms with Crippen LogP contribution in [0.25, 0.3) is 0 Å². The minimum Gasteiger partial charge on any atom is -0.383 e. The largest absolute Gasteiger partial charge is 0.383 e. The summed E-state index contributed by atoms with van der Waals surface area (Å²) in [4.78, 5) is 42.2. The number of amides is 2. The average molecular weight is 457 g/mol. The molecule has 1 atom stereocenters. The lowest BCUT2D eigenvalue weighted by molar-refractivity contribution is -0.384. The lowest BCUT2D eigenvalue weighted by Crippen LogP contribution is -2.35. The Balaban J connectivity index is 1.77. The number of nitro benzene ring substituents is 1. The van der Waals surface area contributed by atoms with Crippen LogP contribution < -0.4 is 5.32 Å². The van der Waals surface area contributed by atoms with Gasteiger partial charge in [-0.25, -0.2) is 4.99 Å². The van der Waals surface area contributed by atoms with E-state index in [9.17, 15) is 19.7 Å². The van der Waals surface area contributed by atoms with Gasteiger partial charge in [-0.3, -0.25) is 24.6 Å². The molecule has 1 heterocycles. The maximum atomic E-state index is 13.0. The van der Waals surface area contributed by atoms with Crippen molar-refractivity contribution in [3.8, 4) is 0 Å². The maximum absolute atomic E-state index is 13.0. The minimum atomic E-state index is -0.644. The predicted molar refractivity (Wildman–Crippen MR) is 124 cm³/mol. The van der Waals surface area contributed by atoms with E-state index in [0.717, 1.165) is 16.8 Å². The summed E-state index contributed by atoms with van der Waals surface area (Å²) in [5, 5.41) is 13.4. The first-order chi connectivity index (χ1) is 15.3. The molecule has 1 aliphatic rings. The lowest BCUT2D eigenvalue weighted by atomic mass is 10.1. The van der Waals surface area contributed by atoms with E-state index in [2.05, 4.69) is 5.32 Å². The van der Waals surface area contributed by atoms with Crippen molar-refractivity contribution in [3.05, 3.63) is 63.7 Å². The molecule has 0 aromatic heterocycles. The normalized spacial score (nSPS) is 17.1. The van der Waals surface area contributed by atoms with Gasteiger partial charge in [-0.15, -0.1) is 0 Å². The Morgan fingerprint density at radius 3 is 2.78 bits per heavy atom. The summed E-state index contributed by atoms with van der Waals surface area (Å²) < 4.78 is 5.13. The molecule has 1 N–H and O–H groups in total. The number of nitrogens with zero attached hydrogens (tertiary/aromatic N) is 3. The van der Waals surface area contributed by atoms with Gasteiger partial charge in [0, 0.05) is 31.4 Å². The molecule has 1 fully saturated rings. The molecule has 0 aliphatic carbocycles. The van der Waals surface area contributed by atoms with E-state index in [1.807, 2.05) is 32.0 Å². The molecule has 1 aliphatic heterocycles. The van der Waals surface area contributed by atoms with Crippen LogP contribution in [0.15, 0.2) is 47.5 Å². The van der Waals surface area contributed by atoms with Crippen molar-refractivity contribution in [3.63, 3.8) is 0 Å². The Labute approximate surface area is 190 Å². The molecular weight excluding hydrogens is 432 g/mol. The maximum Gasteiger partial charge on any atom is 0.271 e. The zero-order chi connectivity index (χ0) is 23.3. The van der Waals surface area contributed by atoms with Gasteiger partial charge in [0.15, 0.2) is 5.17 Å². The second kappa shape index (κ2) is 10.4. The van der Waals surface area contributed by atoms with Gasteiger partial charge in [-0.05, 0) is 37.1 Å². The Bertz CT molecular complexity index is 1070. The number of methoxy groups -OCH3 is 1. The first-order valence-electron chi connectivity index (χ1n) is 9.95. The van der Waals surface area contributed by atoms with Crippen LogP contribution in [0.5, 0.6) is 0 Å². The summed E-state index contributed by atoms with van der Waals surface area (Å²) in [7, 11) is 1.55. The number of thioether (sulfide) groups is 1. The zero-order valence-corrected chi connectivity index (χ0v) is 18.8. The van der Waals surface area contributed by atoms with Crippen LogP contribution in [0.3, 0.4) is 0 Å². The number of ether oxygens (including phenoxy) is 1. The highest BCUT2D eigenvalue weighted by Gasteiger charge is 2.39. The average Bonchev–Trinajstić information content (AvgIpc) is 3.03. The number of hydrogen-bond donors (Lipinski definition) is 1. The molecule has 2 amide bonds. The molecule has 2 aromatic carbocycles. The Kier molecular flexibility index (Phi) is 7.60. The van der Waals surface area contributed by atoms with Crippen LogP contribution in [0.4, 0.5) is 17.1 Å². The molecule has 0 unspecified atom stereocenters. The molecule has 9 nitrogen and oxygen atoms in total. The number of carbonyl (C=O) groups is 2. The van der Waals surface area contributed by atoms with Crippen LogP contribution in [0.2, 0.25) is 0 Å². The minimum absolute atomic E-state index is 0.0819. The van der Waals surface area contributed by atoms with Gasteiger partial charge in [0.1, 0.15) is 5.25 Å². The first kappa shape index (κ1) is 23.4. The summed E-state index contributed by atoms with van der Waals surface area (Å²) in [6, 6.07) is 11.6. The highest BCUT2D eigenvalue weighted by Crippen LogP contribution is 2.33. The van der Waals surface area contributed by atoms with E-state index >= 15 is 0 Å². The summed E-state index contributed by atoms with van der Waals surface area (Å²) >= 11 is 1.24. The third-order valence-corrected chi connectivity index (χ3v) is 6.01. The molecule has 10 heteroatoms. The fraction of sp³-hybridized carbons (Fsp3) is 0.318. The molecule has 0 bridgehead atoms. The number of aryl methyl sites for hydroxylation is 2. The summed E-state index contributed by atoms with van der Waals surface area (Å²) in [6.45, 7) is 4.59. The summed E-state index contributed by atoms with van der Waals surface area (Å²) in [6.07, 6.45) is -0.0819. The number of carbonyl (C=O) groups excluding carboxylic acids is 2. The fourth-order valence-corrected chi connectivity index (χ4v) is 4.31. The molecule has 0 spiro atoms. The van der Waals surface area contributed by atoms with Crippen molar-refractivity contribution in [1.29, 1.82) is 0 Å². The van der Waals surface area contributed by atoms with Crippen LogP contribution in [0.1, 0.15) is 17.5 Å². The van der Waals surface area contributed by atoms with Crippen molar-refractivity contribution in [2.75, 3.05) is 25.6 Å². The van der Waals surface area contributed by atoms with Crippen LogP contribution >= 0.6 is 11.8 Å². The van der Waals surface area contributed by atoms with Crippen molar-refractivity contribution in [2.45, 2.75) is 25.5 Å². The summed E-state index contributed by atoms with van der Waals surface area (Å²) in [5.41, 5.74) is 2.99. The van der Waals surface area contributed by atoms with Gasteiger partial charge >= 0.3 is 0 Å². The van der Waals surface area contributed by atoms with E-state index in [4.69, 9.17) is 9.73 Å². The Morgan fingerprint density at radius 1 is 1.28 bits per heavy atom. The van der Waals surface area contributed by atoms with Crippen molar-refractivity contribution >= 4 is 45.8 Å². The van der Waals surface area contributed by atoms with Crippen molar-refractivity contribution < 1.29 is 19.2 Å². The molecule has 3 rings (SSSR count). The monoisotopic (exact) mass is 456 g/mol. The first-order valence-corrected chi connectivity index (χ1v) is 10.8.